The molecule has 2 N–H and O–H groups in total. The molecule has 1 saturated carbocycles. The van der Waals surface area contributed by atoms with Crippen LogP contribution in [0.15, 0.2) is 0 Å². The number of rotatable bonds is 4. The second-order valence-electron chi connectivity index (χ2n) is 5.56. The predicted octanol–water partition coefficient (Wildman–Crippen LogP) is 0.522. The smallest absolute Gasteiger partial charge is 0.240 e. The Kier molecular flexibility index (Phi) is 5.14. The summed E-state index contributed by atoms with van der Waals surface area (Å²) in [5.74, 6) is 0.174. The number of likely N-dealkylation sites (N-methyl/N-ethyl adjacent to an activating group) is 1. The maximum atomic E-state index is 11.9. The fourth-order valence-electron chi connectivity index (χ4n) is 2.62. The summed E-state index contributed by atoms with van der Waals surface area (Å²) in [6.07, 6.45) is 3.78. The number of hydrogen-bond donors (Lipinski definition) is 2. The minimum absolute atomic E-state index is 0.0349. The van der Waals surface area contributed by atoms with Gasteiger partial charge in [-0.05, 0) is 18.8 Å². The van der Waals surface area contributed by atoms with E-state index in [0.29, 0.717) is 5.92 Å². The van der Waals surface area contributed by atoms with Crippen LogP contribution in [-0.4, -0.2) is 47.6 Å². The standard InChI is InChI=1S/C13H24N2O3/c1-10-5-4-6-13(7-10,9-16)14-12(18)8-15(3)11(2)17/h10,16H,4-9H2,1-3H3,(H,14,18). The van der Waals surface area contributed by atoms with E-state index in [1.807, 2.05) is 0 Å². The second kappa shape index (κ2) is 6.18. The minimum Gasteiger partial charge on any atom is -0.394 e. The summed E-state index contributed by atoms with van der Waals surface area (Å²) in [5.41, 5.74) is -0.494. The lowest BCUT2D eigenvalue weighted by Crippen LogP contribution is -2.55. The fourth-order valence-corrected chi connectivity index (χ4v) is 2.62. The maximum Gasteiger partial charge on any atom is 0.240 e. The van der Waals surface area contributed by atoms with Crippen LogP contribution in [0.2, 0.25) is 0 Å². The highest BCUT2D eigenvalue weighted by Crippen LogP contribution is 2.31. The van der Waals surface area contributed by atoms with Crippen LogP contribution in [0.3, 0.4) is 0 Å². The average Bonchev–Trinajstić information content (AvgIpc) is 2.28. The average molecular weight is 256 g/mol. The number of carbonyl (C=O) groups is 2. The van der Waals surface area contributed by atoms with Crippen molar-refractivity contribution in [2.24, 2.45) is 5.92 Å². The Morgan fingerprint density at radius 2 is 2.17 bits per heavy atom. The van der Waals surface area contributed by atoms with Crippen molar-refractivity contribution in [2.45, 2.75) is 45.1 Å². The van der Waals surface area contributed by atoms with Gasteiger partial charge in [-0.1, -0.05) is 19.8 Å². The molecule has 0 heterocycles. The third kappa shape index (κ3) is 3.98. The first kappa shape index (κ1) is 15.0. The molecule has 0 saturated heterocycles. The van der Waals surface area contributed by atoms with Crippen molar-refractivity contribution in [3.63, 3.8) is 0 Å². The Morgan fingerprint density at radius 3 is 2.67 bits per heavy atom. The lowest BCUT2D eigenvalue weighted by atomic mass is 9.77. The van der Waals surface area contributed by atoms with Crippen molar-refractivity contribution in [2.75, 3.05) is 20.2 Å². The largest absolute Gasteiger partial charge is 0.394 e. The van der Waals surface area contributed by atoms with E-state index < -0.39 is 5.54 Å². The summed E-state index contributed by atoms with van der Waals surface area (Å²) in [5, 5.41) is 12.5. The topological polar surface area (TPSA) is 69.6 Å². The summed E-state index contributed by atoms with van der Waals surface area (Å²) >= 11 is 0. The van der Waals surface area contributed by atoms with Crippen molar-refractivity contribution in [3.8, 4) is 0 Å². The molecule has 2 unspecified atom stereocenters. The predicted molar refractivity (Wildman–Crippen MR) is 68.9 cm³/mol. The summed E-state index contributed by atoms with van der Waals surface area (Å²) in [6, 6.07) is 0. The maximum absolute atomic E-state index is 11.9. The van der Waals surface area contributed by atoms with Gasteiger partial charge in [-0.2, -0.15) is 0 Å². The molecule has 0 spiro atoms. The number of nitrogens with one attached hydrogen (secondary N) is 1. The van der Waals surface area contributed by atoms with Crippen molar-refractivity contribution in [1.29, 1.82) is 0 Å². The number of nitrogens with zero attached hydrogens (tertiary/aromatic N) is 1. The summed E-state index contributed by atoms with van der Waals surface area (Å²) in [4.78, 5) is 24.3. The van der Waals surface area contributed by atoms with Gasteiger partial charge >= 0.3 is 0 Å². The zero-order valence-corrected chi connectivity index (χ0v) is 11.5. The number of carbonyl (C=O) groups excluding carboxylic acids is 2. The third-order valence-corrected chi connectivity index (χ3v) is 3.72. The van der Waals surface area contributed by atoms with Gasteiger partial charge in [-0.15, -0.1) is 0 Å². The second-order valence-corrected chi connectivity index (χ2v) is 5.56. The Bertz CT molecular complexity index is 319. The molecule has 5 nitrogen and oxygen atoms in total. The molecule has 5 heteroatoms. The molecular weight excluding hydrogens is 232 g/mol. The van der Waals surface area contributed by atoms with Crippen LogP contribution in [0.25, 0.3) is 0 Å². The van der Waals surface area contributed by atoms with Gasteiger partial charge in [-0.3, -0.25) is 9.59 Å². The number of aliphatic hydroxyl groups is 1. The first-order valence-electron chi connectivity index (χ1n) is 6.52. The van der Waals surface area contributed by atoms with Gasteiger partial charge in [0.05, 0.1) is 18.7 Å². The van der Waals surface area contributed by atoms with Crippen molar-refractivity contribution >= 4 is 11.8 Å². The molecule has 0 aromatic carbocycles. The molecule has 1 aliphatic carbocycles. The van der Waals surface area contributed by atoms with E-state index in [-0.39, 0.29) is 25.0 Å². The molecule has 0 radical (unpaired) electrons. The van der Waals surface area contributed by atoms with E-state index >= 15 is 0 Å². The van der Waals surface area contributed by atoms with E-state index in [2.05, 4.69) is 12.2 Å². The normalized spacial score (nSPS) is 27.7. The van der Waals surface area contributed by atoms with E-state index in [0.717, 1.165) is 25.7 Å². The Labute approximate surface area is 109 Å². The lowest BCUT2D eigenvalue weighted by Gasteiger charge is -2.39. The van der Waals surface area contributed by atoms with Crippen LogP contribution >= 0.6 is 0 Å². The van der Waals surface area contributed by atoms with Gasteiger partial charge in [0, 0.05) is 14.0 Å². The van der Waals surface area contributed by atoms with Crippen LogP contribution < -0.4 is 5.32 Å². The molecule has 1 rings (SSSR count). The van der Waals surface area contributed by atoms with Gasteiger partial charge in [0.1, 0.15) is 0 Å². The molecule has 2 amide bonds. The summed E-state index contributed by atoms with van der Waals surface area (Å²) in [7, 11) is 1.59. The van der Waals surface area contributed by atoms with Gasteiger partial charge in [0.25, 0.3) is 0 Å². The van der Waals surface area contributed by atoms with Crippen LogP contribution in [0.1, 0.15) is 39.5 Å². The van der Waals surface area contributed by atoms with Crippen molar-refractivity contribution in [3.05, 3.63) is 0 Å². The Hall–Kier alpha value is -1.10. The minimum atomic E-state index is -0.494. The molecular formula is C13H24N2O3. The zero-order valence-electron chi connectivity index (χ0n) is 11.5. The summed E-state index contributed by atoms with van der Waals surface area (Å²) < 4.78 is 0. The highest BCUT2D eigenvalue weighted by Gasteiger charge is 2.35. The number of amides is 2. The molecule has 18 heavy (non-hydrogen) atoms. The fraction of sp³-hybridized carbons (Fsp3) is 0.846. The Balaban J connectivity index is 2.57. The molecule has 1 fully saturated rings. The molecule has 0 aliphatic heterocycles. The SMILES string of the molecule is CC(=O)N(C)CC(=O)NC1(CO)CCCC(C)C1. The first-order valence-corrected chi connectivity index (χ1v) is 6.52. The quantitative estimate of drug-likeness (QED) is 0.770. The highest BCUT2D eigenvalue weighted by atomic mass is 16.3. The van der Waals surface area contributed by atoms with Gasteiger partial charge in [0.2, 0.25) is 11.8 Å². The molecule has 0 bridgehead atoms. The van der Waals surface area contributed by atoms with Gasteiger partial charge < -0.3 is 15.3 Å². The highest BCUT2D eigenvalue weighted by molar-refractivity contribution is 5.84. The molecule has 0 aromatic rings. The Morgan fingerprint density at radius 1 is 1.50 bits per heavy atom. The van der Waals surface area contributed by atoms with Gasteiger partial charge in [-0.25, -0.2) is 0 Å². The van der Waals surface area contributed by atoms with Crippen molar-refractivity contribution in [1.82, 2.24) is 10.2 Å². The molecule has 0 aromatic heterocycles. The third-order valence-electron chi connectivity index (χ3n) is 3.72. The van der Waals surface area contributed by atoms with Gasteiger partial charge in [0.15, 0.2) is 0 Å². The molecule has 1 aliphatic rings. The van der Waals surface area contributed by atoms with E-state index in [4.69, 9.17) is 0 Å². The van der Waals surface area contributed by atoms with E-state index in [1.54, 1.807) is 7.05 Å². The number of aliphatic hydroxyl groups excluding tert-OH is 1. The van der Waals surface area contributed by atoms with E-state index in [9.17, 15) is 14.7 Å². The summed E-state index contributed by atoms with van der Waals surface area (Å²) in [6.45, 7) is 3.58. The van der Waals surface area contributed by atoms with Crippen LogP contribution in [0.4, 0.5) is 0 Å². The van der Waals surface area contributed by atoms with E-state index in [1.165, 1.54) is 11.8 Å². The van der Waals surface area contributed by atoms with Crippen LogP contribution in [0.5, 0.6) is 0 Å². The van der Waals surface area contributed by atoms with Crippen LogP contribution in [0, 0.1) is 5.92 Å². The van der Waals surface area contributed by atoms with Crippen molar-refractivity contribution < 1.29 is 14.7 Å². The van der Waals surface area contributed by atoms with Crippen LogP contribution in [-0.2, 0) is 9.59 Å². The lowest BCUT2D eigenvalue weighted by molar-refractivity contribution is -0.134. The first-order chi connectivity index (χ1) is 8.38. The molecule has 104 valence electrons. The number of hydrogen-bond acceptors (Lipinski definition) is 3. The monoisotopic (exact) mass is 256 g/mol. The zero-order chi connectivity index (χ0) is 13.8. The molecule has 2 atom stereocenters.